The first kappa shape index (κ1) is 16.3. The summed E-state index contributed by atoms with van der Waals surface area (Å²) in [6, 6.07) is 13.0. The lowest BCUT2D eigenvalue weighted by molar-refractivity contribution is 0.578. The van der Waals surface area contributed by atoms with Gasteiger partial charge >= 0.3 is 0 Å². The molecule has 0 saturated carbocycles. The average molecular weight is 368 g/mol. The Morgan fingerprint density at radius 3 is 2.30 bits per heavy atom. The predicted octanol–water partition coefficient (Wildman–Crippen LogP) is 5.00. The lowest BCUT2D eigenvalue weighted by atomic mass is 10.1. The molecule has 0 atom stereocenters. The largest absolute Gasteiger partial charge is 0.274 e. The molecule has 0 N–H and O–H groups in total. The van der Waals surface area contributed by atoms with Gasteiger partial charge in [0, 0.05) is 23.4 Å². The summed E-state index contributed by atoms with van der Waals surface area (Å²) in [5.41, 5.74) is 1.42. The molecule has 0 aliphatic heterocycles. The van der Waals surface area contributed by atoms with Crippen molar-refractivity contribution in [3.05, 3.63) is 62.9 Å². The molecule has 0 unspecified atom stereocenters. The lowest BCUT2D eigenvalue weighted by Gasteiger charge is -2.12. The minimum absolute atomic E-state index is 0.191. The molecule has 23 heavy (non-hydrogen) atoms. The number of rotatable bonds is 4. The Bertz CT molecular complexity index is 907. The standard InChI is InChI=1S/C17H13Cl3N2O/c18-7-4-8-22-17(23)13-10-15(20)14(19)9-12(13)16(21-22)11-5-2-1-3-6-11/h1-3,5-6,9-10H,4,7-8H2. The van der Waals surface area contributed by atoms with Gasteiger partial charge in [-0.3, -0.25) is 4.79 Å². The summed E-state index contributed by atoms with van der Waals surface area (Å²) in [4.78, 5) is 12.6. The Balaban J connectivity index is 2.34. The monoisotopic (exact) mass is 366 g/mol. The summed E-state index contributed by atoms with van der Waals surface area (Å²) in [5.74, 6) is 0.466. The van der Waals surface area contributed by atoms with E-state index in [9.17, 15) is 4.79 Å². The number of aromatic nitrogens is 2. The molecule has 0 spiro atoms. The Kier molecular flexibility index (Phi) is 4.90. The highest BCUT2D eigenvalue weighted by Gasteiger charge is 2.14. The summed E-state index contributed by atoms with van der Waals surface area (Å²) in [6.07, 6.45) is 0.662. The maximum atomic E-state index is 12.6. The van der Waals surface area contributed by atoms with Crippen molar-refractivity contribution in [3.8, 4) is 11.3 Å². The van der Waals surface area contributed by atoms with Gasteiger partial charge in [-0.15, -0.1) is 11.6 Å². The summed E-state index contributed by atoms with van der Waals surface area (Å²) < 4.78 is 1.44. The van der Waals surface area contributed by atoms with Gasteiger partial charge in [0.25, 0.3) is 5.56 Å². The predicted molar refractivity (Wildman–Crippen MR) is 96.8 cm³/mol. The number of hydrogen-bond donors (Lipinski definition) is 0. The van der Waals surface area contributed by atoms with Crippen LogP contribution < -0.4 is 5.56 Å². The van der Waals surface area contributed by atoms with E-state index >= 15 is 0 Å². The maximum Gasteiger partial charge on any atom is 0.274 e. The van der Waals surface area contributed by atoms with Gasteiger partial charge in [0.1, 0.15) is 0 Å². The molecule has 1 aromatic heterocycles. The molecule has 0 fully saturated rings. The quantitative estimate of drug-likeness (QED) is 0.608. The number of halogens is 3. The SMILES string of the molecule is O=c1c2cc(Cl)c(Cl)cc2c(-c2ccccc2)nn1CCCCl. The van der Waals surface area contributed by atoms with Crippen molar-refractivity contribution in [3.63, 3.8) is 0 Å². The van der Waals surface area contributed by atoms with E-state index in [0.717, 1.165) is 5.56 Å². The van der Waals surface area contributed by atoms with Crippen molar-refractivity contribution in [1.29, 1.82) is 0 Å². The summed E-state index contributed by atoms with van der Waals surface area (Å²) in [5, 5.41) is 6.47. The summed E-state index contributed by atoms with van der Waals surface area (Å²) >= 11 is 18.0. The van der Waals surface area contributed by atoms with Gasteiger partial charge < -0.3 is 0 Å². The van der Waals surface area contributed by atoms with Crippen LogP contribution in [0.4, 0.5) is 0 Å². The summed E-state index contributed by atoms with van der Waals surface area (Å²) in [6.45, 7) is 0.457. The molecule has 0 aliphatic rings. The first-order valence-electron chi connectivity index (χ1n) is 7.13. The zero-order chi connectivity index (χ0) is 16.4. The highest BCUT2D eigenvalue weighted by atomic mass is 35.5. The molecule has 0 aliphatic carbocycles. The van der Waals surface area contributed by atoms with E-state index in [1.165, 1.54) is 4.68 Å². The first-order valence-corrected chi connectivity index (χ1v) is 8.42. The molecule has 3 aromatic rings. The molecule has 0 saturated heterocycles. The molecule has 118 valence electrons. The lowest BCUT2D eigenvalue weighted by Crippen LogP contribution is -2.24. The van der Waals surface area contributed by atoms with Crippen molar-refractivity contribution in [2.75, 3.05) is 5.88 Å². The Morgan fingerprint density at radius 1 is 1.00 bits per heavy atom. The molecular weight excluding hydrogens is 355 g/mol. The number of aryl methyl sites for hydroxylation is 1. The molecule has 2 aromatic carbocycles. The minimum Gasteiger partial charge on any atom is -0.267 e. The molecule has 3 nitrogen and oxygen atoms in total. The van der Waals surface area contributed by atoms with Gasteiger partial charge in [0.05, 0.1) is 21.1 Å². The Hall–Kier alpha value is -1.55. The maximum absolute atomic E-state index is 12.6. The van der Waals surface area contributed by atoms with E-state index in [4.69, 9.17) is 34.8 Å². The number of benzene rings is 2. The number of fused-ring (bicyclic) bond motifs is 1. The molecule has 6 heteroatoms. The third-order valence-corrected chi connectivity index (χ3v) is 4.54. The first-order chi connectivity index (χ1) is 11.1. The zero-order valence-corrected chi connectivity index (χ0v) is 14.4. The van der Waals surface area contributed by atoms with Gasteiger partial charge in [-0.2, -0.15) is 5.10 Å². The van der Waals surface area contributed by atoms with Crippen LogP contribution in [0.15, 0.2) is 47.3 Å². The fraction of sp³-hybridized carbons (Fsp3) is 0.176. The molecule has 0 amide bonds. The second-order valence-electron chi connectivity index (χ2n) is 5.10. The van der Waals surface area contributed by atoms with Gasteiger partial charge in [-0.25, -0.2) is 4.68 Å². The highest BCUT2D eigenvalue weighted by Crippen LogP contribution is 2.31. The molecule has 0 bridgehead atoms. The van der Waals surface area contributed by atoms with E-state index in [-0.39, 0.29) is 5.56 Å². The number of nitrogens with zero attached hydrogens (tertiary/aromatic N) is 2. The topological polar surface area (TPSA) is 34.9 Å². The Morgan fingerprint density at radius 2 is 1.65 bits per heavy atom. The van der Waals surface area contributed by atoms with Crippen molar-refractivity contribution in [2.24, 2.45) is 0 Å². The fourth-order valence-electron chi connectivity index (χ4n) is 2.45. The van der Waals surface area contributed by atoms with Crippen molar-refractivity contribution >= 4 is 45.6 Å². The zero-order valence-electron chi connectivity index (χ0n) is 12.1. The van der Waals surface area contributed by atoms with Crippen LogP contribution in [0.5, 0.6) is 0 Å². The van der Waals surface area contributed by atoms with Crippen LogP contribution in [0, 0.1) is 0 Å². The summed E-state index contributed by atoms with van der Waals surface area (Å²) in [7, 11) is 0. The molecule has 3 rings (SSSR count). The van der Waals surface area contributed by atoms with Crippen LogP contribution in [-0.2, 0) is 6.54 Å². The van der Waals surface area contributed by atoms with Gasteiger partial charge in [0.15, 0.2) is 0 Å². The van der Waals surface area contributed by atoms with Crippen LogP contribution in [0.3, 0.4) is 0 Å². The average Bonchev–Trinajstić information content (AvgIpc) is 2.57. The molecule has 0 radical (unpaired) electrons. The van der Waals surface area contributed by atoms with E-state index in [2.05, 4.69) is 5.10 Å². The smallest absolute Gasteiger partial charge is 0.267 e. The van der Waals surface area contributed by atoms with Crippen LogP contribution in [0.2, 0.25) is 10.0 Å². The van der Waals surface area contributed by atoms with E-state index in [1.807, 2.05) is 30.3 Å². The number of alkyl halides is 1. The fourth-order valence-corrected chi connectivity index (χ4v) is 2.90. The van der Waals surface area contributed by atoms with E-state index in [0.29, 0.717) is 45.4 Å². The second-order valence-corrected chi connectivity index (χ2v) is 6.29. The van der Waals surface area contributed by atoms with Gasteiger partial charge in [0.2, 0.25) is 0 Å². The van der Waals surface area contributed by atoms with Crippen LogP contribution in [0.25, 0.3) is 22.0 Å². The van der Waals surface area contributed by atoms with Crippen LogP contribution in [-0.4, -0.2) is 15.7 Å². The van der Waals surface area contributed by atoms with E-state index < -0.39 is 0 Å². The number of hydrogen-bond acceptors (Lipinski definition) is 2. The normalized spacial score (nSPS) is 11.1. The third-order valence-electron chi connectivity index (χ3n) is 3.55. The van der Waals surface area contributed by atoms with Crippen molar-refractivity contribution in [1.82, 2.24) is 9.78 Å². The molecular formula is C17H13Cl3N2O. The van der Waals surface area contributed by atoms with Gasteiger partial charge in [-0.05, 0) is 18.6 Å². The molecule has 1 heterocycles. The van der Waals surface area contributed by atoms with Gasteiger partial charge in [-0.1, -0.05) is 53.5 Å². The van der Waals surface area contributed by atoms with Crippen LogP contribution in [0.1, 0.15) is 6.42 Å². The third kappa shape index (κ3) is 3.23. The highest BCUT2D eigenvalue weighted by molar-refractivity contribution is 6.42. The second kappa shape index (κ2) is 6.91. The minimum atomic E-state index is -0.191. The van der Waals surface area contributed by atoms with Crippen LogP contribution >= 0.6 is 34.8 Å². The van der Waals surface area contributed by atoms with E-state index in [1.54, 1.807) is 12.1 Å². The van der Waals surface area contributed by atoms with Crippen molar-refractivity contribution < 1.29 is 0 Å². The van der Waals surface area contributed by atoms with Crippen molar-refractivity contribution in [2.45, 2.75) is 13.0 Å². The Labute approximate surface area is 148 Å².